The van der Waals surface area contributed by atoms with E-state index in [4.69, 9.17) is 4.74 Å². The molecule has 1 aliphatic carbocycles. The highest BCUT2D eigenvalue weighted by Crippen LogP contribution is 2.44. The van der Waals surface area contributed by atoms with Crippen LogP contribution in [0.4, 0.5) is 11.4 Å². The molecule has 0 aliphatic heterocycles. The molecule has 1 aromatic carbocycles. The second kappa shape index (κ2) is 5.47. The van der Waals surface area contributed by atoms with E-state index in [0.29, 0.717) is 16.9 Å². The van der Waals surface area contributed by atoms with Gasteiger partial charge in [-0.15, -0.1) is 0 Å². The Bertz CT molecular complexity index is 464. The van der Waals surface area contributed by atoms with E-state index in [-0.39, 0.29) is 10.6 Å². The van der Waals surface area contributed by atoms with E-state index >= 15 is 0 Å². The van der Waals surface area contributed by atoms with Crippen molar-refractivity contribution in [3.63, 3.8) is 0 Å². The lowest BCUT2D eigenvalue weighted by molar-refractivity contribution is -0.384. The van der Waals surface area contributed by atoms with Crippen LogP contribution in [0.3, 0.4) is 0 Å². The van der Waals surface area contributed by atoms with Crippen LogP contribution in [0.15, 0.2) is 18.2 Å². The van der Waals surface area contributed by atoms with Gasteiger partial charge < -0.3 is 10.1 Å². The molecule has 0 heterocycles. The fraction of sp³-hybridized carbons (Fsp3) is 0.571. The molecule has 19 heavy (non-hydrogen) atoms. The summed E-state index contributed by atoms with van der Waals surface area (Å²) in [5, 5.41) is 14.4. The first kappa shape index (κ1) is 13.6. The van der Waals surface area contributed by atoms with E-state index in [1.165, 1.54) is 26.4 Å². The zero-order valence-electron chi connectivity index (χ0n) is 11.4. The molecule has 0 atom stereocenters. The molecule has 0 saturated heterocycles. The lowest BCUT2D eigenvalue weighted by atomic mass is 9.67. The molecule has 1 N–H and O–H groups in total. The van der Waals surface area contributed by atoms with Gasteiger partial charge in [0, 0.05) is 6.54 Å². The van der Waals surface area contributed by atoms with Crippen molar-refractivity contribution in [2.75, 3.05) is 19.0 Å². The van der Waals surface area contributed by atoms with Crippen molar-refractivity contribution in [2.24, 2.45) is 5.41 Å². The summed E-state index contributed by atoms with van der Waals surface area (Å²) in [4.78, 5) is 10.8. The first-order valence-corrected chi connectivity index (χ1v) is 6.67. The van der Waals surface area contributed by atoms with Crippen LogP contribution in [-0.2, 0) is 0 Å². The van der Waals surface area contributed by atoms with Crippen LogP contribution in [0, 0.1) is 15.5 Å². The van der Waals surface area contributed by atoms with E-state index in [1.807, 2.05) is 0 Å². The Hall–Kier alpha value is -1.78. The third kappa shape index (κ3) is 2.64. The number of para-hydroxylation sites is 1. The summed E-state index contributed by atoms with van der Waals surface area (Å²) in [5.74, 6) is 0.300. The van der Waals surface area contributed by atoms with Gasteiger partial charge in [-0.25, -0.2) is 0 Å². The number of benzene rings is 1. The average Bonchev–Trinajstić information content (AvgIpc) is 2.37. The standard InChI is InChI=1S/C14H20N2O3/c1-3-14(8-5-9-14)10-15-11-6-4-7-12(19-2)13(11)16(17)18/h4,6-7,15H,3,5,8-10H2,1-2H3. The maximum absolute atomic E-state index is 11.2. The number of nitrogens with zero attached hydrogens (tertiary/aromatic N) is 1. The first-order valence-electron chi connectivity index (χ1n) is 6.67. The van der Waals surface area contributed by atoms with Crippen LogP contribution in [-0.4, -0.2) is 18.6 Å². The Morgan fingerprint density at radius 3 is 2.68 bits per heavy atom. The highest BCUT2D eigenvalue weighted by atomic mass is 16.6. The van der Waals surface area contributed by atoms with Gasteiger partial charge in [0.25, 0.3) is 0 Å². The zero-order chi connectivity index (χ0) is 13.9. The van der Waals surface area contributed by atoms with E-state index in [2.05, 4.69) is 12.2 Å². The number of nitrogens with one attached hydrogen (secondary N) is 1. The monoisotopic (exact) mass is 264 g/mol. The van der Waals surface area contributed by atoms with Crippen LogP contribution < -0.4 is 10.1 Å². The van der Waals surface area contributed by atoms with E-state index in [9.17, 15) is 10.1 Å². The quantitative estimate of drug-likeness (QED) is 0.630. The van der Waals surface area contributed by atoms with Gasteiger partial charge in [-0.05, 0) is 36.8 Å². The first-order chi connectivity index (χ1) is 9.12. The van der Waals surface area contributed by atoms with Crippen LogP contribution in [0.1, 0.15) is 32.6 Å². The van der Waals surface area contributed by atoms with Crippen molar-refractivity contribution in [1.82, 2.24) is 0 Å². The average molecular weight is 264 g/mol. The molecule has 0 amide bonds. The summed E-state index contributed by atoms with van der Waals surface area (Å²) >= 11 is 0. The largest absolute Gasteiger partial charge is 0.490 e. The number of nitro benzene ring substituents is 1. The molecule has 0 radical (unpaired) electrons. The molecular formula is C14H20N2O3. The lowest BCUT2D eigenvalue weighted by Gasteiger charge is -2.41. The minimum atomic E-state index is -0.388. The van der Waals surface area contributed by atoms with Gasteiger partial charge in [-0.1, -0.05) is 19.4 Å². The van der Waals surface area contributed by atoms with Gasteiger partial charge in [0.05, 0.1) is 12.0 Å². The van der Waals surface area contributed by atoms with Crippen LogP contribution in [0.2, 0.25) is 0 Å². The lowest BCUT2D eigenvalue weighted by Crippen LogP contribution is -2.35. The number of hydrogen-bond acceptors (Lipinski definition) is 4. The van der Waals surface area contributed by atoms with Gasteiger partial charge in [0.2, 0.25) is 0 Å². The fourth-order valence-electron chi connectivity index (χ4n) is 2.63. The normalized spacial score (nSPS) is 16.5. The summed E-state index contributed by atoms with van der Waals surface area (Å²) in [6.45, 7) is 2.97. The van der Waals surface area contributed by atoms with Crippen molar-refractivity contribution in [2.45, 2.75) is 32.6 Å². The molecule has 0 bridgehead atoms. The molecule has 0 spiro atoms. The predicted molar refractivity (Wildman–Crippen MR) is 74.7 cm³/mol. The number of anilines is 1. The van der Waals surface area contributed by atoms with Crippen LogP contribution >= 0.6 is 0 Å². The highest BCUT2D eigenvalue weighted by molar-refractivity contribution is 5.68. The van der Waals surface area contributed by atoms with Crippen LogP contribution in [0.25, 0.3) is 0 Å². The SMILES string of the molecule is CCC1(CNc2cccc(OC)c2[N+](=O)[O-])CCC1. The highest BCUT2D eigenvalue weighted by Gasteiger charge is 2.35. The van der Waals surface area contributed by atoms with Gasteiger partial charge in [-0.2, -0.15) is 0 Å². The Balaban J connectivity index is 2.18. The third-order valence-electron chi connectivity index (χ3n) is 4.22. The summed E-state index contributed by atoms with van der Waals surface area (Å²) in [7, 11) is 1.45. The smallest absolute Gasteiger partial charge is 0.333 e. The second-order valence-electron chi connectivity index (χ2n) is 5.17. The fourth-order valence-corrected chi connectivity index (χ4v) is 2.63. The number of hydrogen-bond donors (Lipinski definition) is 1. The van der Waals surface area contributed by atoms with E-state index in [0.717, 1.165) is 13.0 Å². The van der Waals surface area contributed by atoms with Crippen molar-refractivity contribution in [3.8, 4) is 5.75 Å². The molecular weight excluding hydrogens is 244 g/mol. The molecule has 0 aromatic heterocycles. The summed E-state index contributed by atoms with van der Waals surface area (Å²) < 4.78 is 5.06. The number of ether oxygens (including phenoxy) is 1. The summed E-state index contributed by atoms with van der Waals surface area (Å²) in [6.07, 6.45) is 4.77. The van der Waals surface area contributed by atoms with Gasteiger partial charge >= 0.3 is 5.69 Å². The van der Waals surface area contributed by atoms with Gasteiger partial charge in [0.1, 0.15) is 5.69 Å². The zero-order valence-corrected chi connectivity index (χ0v) is 11.4. The molecule has 1 aliphatic rings. The Labute approximate surface area is 113 Å². The minimum Gasteiger partial charge on any atom is -0.490 e. The minimum absolute atomic E-state index is 0.0237. The van der Waals surface area contributed by atoms with E-state index in [1.54, 1.807) is 18.2 Å². The van der Waals surface area contributed by atoms with Crippen LogP contribution in [0.5, 0.6) is 5.75 Å². The van der Waals surface area contributed by atoms with Crippen molar-refractivity contribution in [3.05, 3.63) is 28.3 Å². The molecule has 1 fully saturated rings. The maximum atomic E-state index is 11.2. The van der Waals surface area contributed by atoms with E-state index < -0.39 is 0 Å². The second-order valence-corrected chi connectivity index (χ2v) is 5.17. The number of nitro groups is 1. The summed E-state index contributed by atoms with van der Waals surface area (Å²) in [5.41, 5.74) is 0.886. The Morgan fingerprint density at radius 2 is 2.21 bits per heavy atom. The van der Waals surface area contributed by atoms with Crippen molar-refractivity contribution in [1.29, 1.82) is 0 Å². The van der Waals surface area contributed by atoms with Gasteiger partial charge in [0.15, 0.2) is 5.75 Å². The molecule has 2 rings (SSSR count). The maximum Gasteiger partial charge on any atom is 0.333 e. The molecule has 0 unspecified atom stereocenters. The van der Waals surface area contributed by atoms with Crippen molar-refractivity contribution >= 4 is 11.4 Å². The molecule has 1 saturated carbocycles. The molecule has 104 valence electrons. The molecule has 5 heteroatoms. The topological polar surface area (TPSA) is 64.4 Å². The predicted octanol–water partition coefficient (Wildman–Crippen LogP) is 3.60. The summed E-state index contributed by atoms with van der Waals surface area (Å²) in [6, 6.07) is 5.12. The third-order valence-corrected chi connectivity index (χ3v) is 4.22. The van der Waals surface area contributed by atoms with Crippen molar-refractivity contribution < 1.29 is 9.66 Å². The number of methoxy groups -OCH3 is 1. The number of rotatable bonds is 6. The Morgan fingerprint density at radius 1 is 1.47 bits per heavy atom. The molecule has 1 aromatic rings. The molecule has 5 nitrogen and oxygen atoms in total. The Kier molecular flexibility index (Phi) is 3.93. The van der Waals surface area contributed by atoms with Gasteiger partial charge in [-0.3, -0.25) is 10.1 Å².